The summed E-state index contributed by atoms with van der Waals surface area (Å²) >= 11 is 5.52. The number of aromatic nitrogens is 1. The van der Waals surface area contributed by atoms with Gasteiger partial charge in [0.05, 0.1) is 21.5 Å². The van der Waals surface area contributed by atoms with Gasteiger partial charge in [-0.3, -0.25) is 19.2 Å². The van der Waals surface area contributed by atoms with Crippen molar-refractivity contribution in [2.75, 3.05) is 16.8 Å². The van der Waals surface area contributed by atoms with Crippen molar-refractivity contribution < 1.29 is 27.5 Å². The van der Waals surface area contributed by atoms with Gasteiger partial charge in [0.25, 0.3) is 5.91 Å². The van der Waals surface area contributed by atoms with Crippen molar-refractivity contribution in [2.24, 2.45) is 11.1 Å². The van der Waals surface area contributed by atoms with Crippen molar-refractivity contribution in [3.63, 3.8) is 0 Å². The number of thiazole rings is 1. The molecule has 2 aliphatic heterocycles. The molecule has 43 heavy (non-hydrogen) atoms. The molecule has 1 fully saturated rings. The fourth-order valence-electron chi connectivity index (χ4n) is 5.13. The first-order valence-corrected chi connectivity index (χ1v) is 16.7. The van der Waals surface area contributed by atoms with E-state index < -0.39 is 45.5 Å². The van der Waals surface area contributed by atoms with E-state index in [1.807, 2.05) is 0 Å². The van der Waals surface area contributed by atoms with Crippen LogP contribution in [0.4, 0.5) is 11.4 Å². The number of anilines is 2. The predicted molar refractivity (Wildman–Crippen MR) is 165 cm³/mol. The molecular weight excluding hydrogens is 680 g/mol. The van der Waals surface area contributed by atoms with Crippen LogP contribution < -0.4 is 25.0 Å². The number of imide groups is 1. The first kappa shape index (κ1) is 29.3. The second-order valence-electron chi connectivity index (χ2n) is 9.68. The Kier molecular flexibility index (Phi) is 7.76. The van der Waals surface area contributed by atoms with E-state index in [0.717, 1.165) is 15.8 Å². The summed E-state index contributed by atoms with van der Waals surface area (Å²) in [6.07, 6.45) is 0. The number of para-hydroxylation sites is 1. The second kappa shape index (κ2) is 11.4. The number of rotatable bonds is 7. The average molecular weight is 702 g/mol. The van der Waals surface area contributed by atoms with Crippen LogP contribution in [0.3, 0.4) is 0 Å². The van der Waals surface area contributed by atoms with Crippen LogP contribution >= 0.6 is 39.0 Å². The van der Waals surface area contributed by atoms with E-state index >= 15 is 0 Å². The number of primary sulfonamides is 1. The maximum atomic E-state index is 13.9. The van der Waals surface area contributed by atoms with Crippen LogP contribution in [0.5, 0.6) is 5.75 Å². The topological polar surface area (TPSA) is 169 Å². The van der Waals surface area contributed by atoms with E-state index in [0.29, 0.717) is 32.6 Å². The Balaban J connectivity index is 1.29. The van der Waals surface area contributed by atoms with Gasteiger partial charge in [0.1, 0.15) is 11.0 Å². The minimum absolute atomic E-state index is 0.0929. The third-order valence-electron chi connectivity index (χ3n) is 6.99. The Morgan fingerprint density at radius 2 is 1.70 bits per heavy atom. The van der Waals surface area contributed by atoms with Crippen LogP contribution in [0, 0.1) is 5.92 Å². The number of H-pyrrole nitrogens is 1. The Morgan fingerprint density at radius 1 is 1.00 bits per heavy atom. The number of hydrogen-bond acceptors (Lipinski definition) is 9. The molecule has 2 unspecified atom stereocenters. The van der Waals surface area contributed by atoms with Gasteiger partial charge in [-0.2, -0.15) is 0 Å². The maximum Gasteiger partial charge on any atom is 0.305 e. The van der Waals surface area contributed by atoms with Crippen LogP contribution in [0.1, 0.15) is 16.4 Å². The summed E-state index contributed by atoms with van der Waals surface area (Å²) in [7, 11) is -3.87. The van der Waals surface area contributed by atoms with Gasteiger partial charge in [0.2, 0.25) is 21.8 Å². The molecule has 1 aromatic heterocycles. The number of hydrogen-bond donors (Lipinski definition) is 3. The van der Waals surface area contributed by atoms with Crippen molar-refractivity contribution in [1.82, 2.24) is 4.98 Å². The zero-order valence-electron chi connectivity index (χ0n) is 21.9. The van der Waals surface area contributed by atoms with E-state index in [1.54, 1.807) is 48.5 Å². The normalized spacial score (nSPS) is 19.6. The molecule has 3 amide bonds. The average Bonchev–Trinajstić information content (AvgIpc) is 3.46. The number of ether oxygens (including phenoxy) is 1. The molecule has 0 radical (unpaired) electrons. The van der Waals surface area contributed by atoms with Crippen molar-refractivity contribution in [3.05, 3.63) is 97.4 Å². The molecule has 0 bridgehead atoms. The SMILES string of the molecule is NS(=O)(=O)c1ccc(NC(=O)COc2ccccc2[C@H]2c3sc(=O)[nH]c3SC3C(=O)N(c4ccc(Br)cc4)C(=O)C32)cc1. The molecule has 3 heterocycles. The lowest BCUT2D eigenvalue weighted by Crippen LogP contribution is -2.32. The number of nitrogens with two attached hydrogens (primary N) is 1. The number of benzene rings is 3. The smallest absolute Gasteiger partial charge is 0.305 e. The first-order valence-electron chi connectivity index (χ1n) is 12.7. The molecular formula is C28H21BrN4O7S3. The van der Waals surface area contributed by atoms with E-state index in [4.69, 9.17) is 9.88 Å². The number of aromatic amines is 1. The fourth-order valence-corrected chi connectivity index (χ4v) is 8.42. The van der Waals surface area contributed by atoms with Crippen molar-refractivity contribution >= 4 is 78.1 Å². The monoisotopic (exact) mass is 700 g/mol. The quantitative estimate of drug-likeness (QED) is 0.246. The maximum absolute atomic E-state index is 13.9. The van der Waals surface area contributed by atoms with Gasteiger partial charge in [-0.1, -0.05) is 57.2 Å². The first-order chi connectivity index (χ1) is 20.5. The standard InChI is InChI=1S/C28H21BrN4O7S3/c29-14-5-9-16(10-6-14)33-26(35)22-21(23-25(32-28(37)42-23)41-24(22)27(33)36)18-3-1-2-4-19(18)40-13-20(34)31-15-7-11-17(12-8-15)43(30,38)39/h1-12,21-22,24H,13H2,(H,31,34)(H,32,37)(H2,30,38,39)/t21-,22?,24?/m1/s1. The van der Waals surface area contributed by atoms with Crippen LogP contribution in [0.2, 0.25) is 0 Å². The van der Waals surface area contributed by atoms with Crippen molar-refractivity contribution in [3.8, 4) is 5.75 Å². The Morgan fingerprint density at radius 3 is 2.40 bits per heavy atom. The summed E-state index contributed by atoms with van der Waals surface area (Å²) < 4.78 is 29.7. The molecule has 4 aromatic rings. The number of carbonyl (C=O) groups is 3. The highest BCUT2D eigenvalue weighted by Crippen LogP contribution is 2.54. The molecule has 1 saturated heterocycles. The number of carbonyl (C=O) groups excluding carboxylic acids is 3. The van der Waals surface area contributed by atoms with Crippen LogP contribution in [0.15, 0.2) is 92.0 Å². The van der Waals surface area contributed by atoms with Crippen LogP contribution in [0.25, 0.3) is 0 Å². The van der Waals surface area contributed by atoms with Gasteiger partial charge < -0.3 is 15.0 Å². The van der Waals surface area contributed by atoms with Crippen LogP contribution in [-0.4, -0.2) is 43.0 Å². The molecule has 11 nitrogen and oxygen atoms in total. The van der Waals surface area contributed by atoms with Gasteiger partial charge >= 0.3 is 4.87 Å². The number of halogens is 1. The lowest BCUT2D eigenvalue weighted by atomic mass is 9.82. The number of thioether (sulfide) groups is 1. The number of sulfonamides is 1. The summed E-state index contributed by atoms with van der Waals surface area (Å²) in [5.74, 6) is -2.49. The van der Waals surface area contributed by atoms with Gasteiger partial charge in [0.15, 0.2) is 6.61 Å². The van der Waals surface area contributed by atoms with Crippen molar-refractivity contribution in [1.29, 1.82) is 0 Å². The minimum atomic E-state index is -3.87. The zero-order valence-corrected chi connectivity index (χ0v) is 25.9. The van der Waals surface area contributed by atoms with E-state index in [1.165, 1.54) is 40.9 Å². The zero-order chi connectivity index (χ0) is 30.5. The lowest BCUT2D eigenvalue weighted by Gasteiger charge is -2.30. The van der Waals surface area contributed by atoms with Gasteiger partial charge in [0, 0.05) is 26.5 Å². The van der Waals surface area contributed by atoms with E-state index in [-0.39, 0.29) is 15.7 Å². The third kappa shape index (κ3) is 5.65. The van der Waals surface area contributed by atoms with Crippen molar-refractivity contribution in [2.45, 2.75) is 21.1 Å². The van der Waals surface area contributed by atoms with E-state index in [9.17, 15) is 27.6 Å². The molecule has 0 aliphatic carbocycles. The summed E-state index contributed by atoms with van der Waals surface area (Å²) in [5, 5.41) is 7.49. The second-order valence-corrected chi connectivity index (χ2v) is 14.3. The molecule has 0 saturated carbocycles. The summed E-state index contributed by atoms with van der Waals surface area (Å²) in [4.78, 5) is 56.9. The number of fused-ring (bicyclic) bond motifs is 2. The highest BCUT2D eigenvalue weighted by molar-refractivity contribution is 9.10. The predicted octanol–water partition coefficient (Wildman–Crippen LogP) is 3.66. The van der Waals surface area contributed by atoms with Gasteiger partial charge in [-0.15, -0.1) is 0 Å². The van der Waals surface area contributed by atoms with Gasteiger partial charge in [-0.25, -0.2) is 18.5 Å². The summed E-state index contributed by atoms with van der Waals surface area (Å²) in [6, 6.07) is 19.1. The molecule has 0 spiro atoms. The van der Waals surface area contributed by atoms with E-state index in [2.05, 4.69) is 26.2 Å². The summed E-state index contributed by atoms with van der Waals surface area (Å²) in [6.45, 7) is -0.405. The Hall–Kier alpha value is -3.76. The summed E-state index contributed by atoms with van der Waals surface area (Å²) in [5.41, 5.74) is 1.34. The molecule has 6 rings (SSSR count). The molecule has 3 aromatic carbocycles. The Bertz CT molecular complexity index is 1920. The van der Waals surface area contributed by atoms with Gasteiger partial charge in [-0.05, 0) is 54.6 Å². The Labute approximate surface area is 261 Å². The molecule has 2 aliphatic rings. The molecule has 15 heteroatoms. The lowest BCUT2D eigenvalue weighted by molar-refractivity contribution is -0.122. The third-order valence-corrected chi connectivity index (χ3v) is 10.8. The highest BCUT2D eigenvalue weighted by atomic mass is 79.9. The fraction of sp³-hybridized carbons (Fsp3) is 0.143. The molecule has 4 N–H and O–H groups in total. The number of amides is 3. The van der Waals surface area contributed by atoms with Crippen LogP contribution in [-0.2, 0) is 24.4 Å². The minimum Gasteiger partial charge on any atom is -0.483 e. The highest BCUT2D eigenvalue weighted by Gasteiger charge is 2.56. The molecule has 220 valence electrons. The molecule has 3 atom stereocenters. The number of nitrogens with one attached hydrogen (secondary N) is 2. The largest absolute Gasteiger partial charge is 0.483 e. The number of nitrogens with zero attached hydrogens (tertiary/aromatic N) is 1.